The molecule has 0 saturated heterocycles. The van der Waals surface area contributed by atoms with Gasteiger partial charge in [-0.1, -0.05) is 23.8 Å². The van der Waals surface area contributed by atoms with Crippen molar-refractivity contribution in [3.05, 3.63) is 64.9 Å². The zero-order chi connectivity index (χ0) is 21.1. The van der Waals surface area contributed by atoms with Gasteiger partial charge < -0.3 is 10.2 Å². The Labute approximate surface area is 173 Å². The molecule has 0 unspecified atom stereocenters. The Hall–Kier alpha value is -3.08. The van der Waals surface area contributed by atoms with Gasteiger partial charge in [0.15, 0.2) is 0 Å². The van der Waals surface area contributed by atoms with Crippen LogP contribution in [0.5, 0.6) is 0 Å². The van der Waals surface area contributed by atoms with Crippen molar-refractivity contribution >= 4 is 28.8 Å². The van der Waals surface area contributed by atoms with Gasteiger partial charge in [-0.3, -0.25) is 14.5 Å². The number of benzene rings is 2. The largest absolute Gasteiger partial charge is 0.372 e. The zero-order valence-electron chi connectivity index (χ0n) is 17.9. The average Bonchev–Trinajstić information content (AvgIpc) is 2.93. The topological polar surface area (TPSA) is 52.7 Å². The summed E-state index contributed by atoms with van der Waals surface area (Å²) in [5.74, 6) is -0.521. The lowest BCUT2D eigenvalue weighted by molar-refractivity contribution is -0.136. The van der Waals surface area contributed by atoms with Gasteiger partial charge in [0.05, 0.1) is 5.57 Å². The predicted molar refractivity (Wildman–Crippen MR) is 119 cm³/mol. The molecule has 0 aliphatic carbocycles. The predicted octanol–water partition coefficient (Wildman–Crippen LogP) is 4.36. The fourth-order valence-electron chi connectivity index (χ4n) is 3.81. The molecule has 1 aliphatic rings. The molecule has 2 aromatic carbocycles. The monoisotopic (exact) mass is 391 g/mol. The number of carbonyl (C=O) groups is 2. The minimum absolute atomic E-state index is 0.244. The number of carbonyl (C=O) groups excluding carboxylic acids is 2. The van der Waals surface area contributed by atoms with Crippen molar-refractivity contribution in [2.24, 2.45) is 0 Å². The van der Waals surface area contributed by atoms with Crippen molar-refractivity contribution in [2.45, 2.75) is 34.6 Å². The first-order chi connectivity index (χ1) is 13.9. The van der Waals surface area contributed by atoms with Crippen molar-refractivity contribution in [3.8, 4) is 0 Å². The van der Waals surface area contributed by atoms with E-state index in [1.165, 1.54) is 4.90 Å². The number of amides is 2. The van der Waals surface area contributed by atoms with Crippen LogP contribution < -0.4 is 10.2 Å². The number of rotatable bonds is 7. The second-order valence-corrected chi connectivity index (χ2v) is 7.27. The summed E-state index contributed by atoms with van der Waals surface area (Å²) in [4.78, 5) is 29.5. The smallest absolute Gasteiger partial charge is 0.278 e. The number of imide groups is 1. The van der Waals surface area contributed by atoms with E-state index >= 15 is 0 Å². The summed E-state index contributed by atoms with van der Waals surface area (Å²) < 4.78 is 0. The van der Waals surface area contributed by atoms with E-state index in [1.54, 1.807) is 0 Å². The van der Waals surface area contributed by atoms with Gasteiger partial charge in [0, 0.05) is 31.0 Å². The van der Waals surface area contributed by atoms with Crippen LogP contribution in [-0.4, -0.2) is 36.3 Å². The van der Waals surface area contributed by atoms with E-state index in [0.717, 1.165) is 41.2 Å². The first-order valence-electron chi connectivity index (χ1n) is 10.2. The molecule has 1 N–H and O–H groups in total. The quantitative estimate of drug-likeness (QED) is 0.713. The van der Waals surface area contributed by atoms with Gasteiger partial charge in [-0.25, -0.2) is 0 Å². The Morgan fingerprint density at radius 1 is 0.897 bits per heavy atom. The van der Waals surface area contributed by atoms with Gasteiger partial charge in [0.1, 0.15) is 5.70 Å². The van der Waals surface area contributed by atoms with Crippen LogP contribution in [0.2, 0.25) is 0 Å². The Bertz CT molecular complexity index is 957. The van der Waals surface area contributed by atoms with Crippen LogP contribution in [0.15, 0.2) is 48.2 Å². The summed E-state index contributed by atoms with van der Waals surface area (Å²) in [5, 5.41) is 3.23. The van der Waals surface area contributed by atoms with Crippen LogP contribution in [0.3, 0.4) is 0 Å². The lowest BCUT2D eigenvalue weighted by atomic mass is 9.97. The van der Waals surface area contributed by atoms with E-state index in [1.807, 2.05) is 63.2 Å². The molecule has 5 nitrogen and oxygen atoms in total. The summed E-state index contributed by atoms with van der Waals surface area (Å²) in [6, 6.07) is 13.9. The zero-order valence-corrected chi connectivity index (χ0v) is 17.9. The Morgan fingerprint density at radius 2 is 1.55 bits per heavy atom. The highest BCUT2D eigenvalue weighted by Crippen LogP contribution is 2.32. The van der Waals surface area contributed by atoms with Crippen molar-refractivity contribution in [1.29, 1.82) is 0 Å². The number of anilines is 2. The van der Waals surface area contributed by atoms with Gasteiger partial charge in [-0.15, -0.1) is 0 Å². The maximum Gasteiger partial charge on any atom is 0.278 e. The van der Waals surface area contributed by atoms with Crippen molar-refractivity contribution < 1.29 is 9.59 Å². The second-order valence-electron chi connectivity index (χ2n) is 7.27. The Balaban J connectivity index is 2.01. The van der Waals surface area contributed by atoms with Crippen LogP contribution in [0, 0.1) is 13.8 Å². The van der Waals surface area contributed by atoms with E-state index in [-0.39, 0.29) is 11.8 Å². The van der Waals surface area contributed by atoms with Crippen molar-refractivity contribution in [2.75, 3.05) is 29.9 Å². The van der Waals surface area contributed by atoms with Crippen molar-refractivity contribution in [3.63, 3.8) is 0 Å². The summed E-state index contributed by atoms with van der Waals surface area (Å²) in [6.45, 7) is 12.3. The molecule has 0 aromatic heterocycles. The molecule has 0 bridgehead atoms. The fourth-order valence-corrected chi connectivity index (χ4v) is 3.81. The van der Waals surface area contributed by atoms with Crippen LogP contribution in [0.4, 0.5) is 11.4 Å². The van der Waals surface area contributed by atoms with Gasteiger partial charge in [0.2, 0.25) is 0 Å². The highest BCUT2D eigenvalue weighted by atomic mass is 16.2. The molecule has 3 rings (SSSR count). The summed E-state index contributed by atoms with van der Waals surface area (Å²) in [7, 11) is 0. The van der Waals surface area contributed by atoms with E-state index < -0.39 is 0 Å². The normalized spacial score (nSPS) is 14.0. The van der Waals surface area contributed by atoms with Gasteiger partial charge in [-0.2, -0.15) is 0 Å². The minimum Gasteiger partial charge on any atom is -0.372 e. The number of nitrogens with zero attached hydrogens (tertiary/aromatic N) is 2. The molecule has 29 heavy (non-hydrogen) atoms. The molecule has 0 fully saturated rings. The molecule has 152 valence electrons. The van der Waals surface area contributed by atoms with E-state index in [0.29, 0.717) is 17.8 Å². The number of hydrogen-bond donors (Lipinski definition) is 1. The highest BCUT2D eigenvalue weighted by molar-refractivity contribution is 6.36. The third-order valence-electron chi connectivity index (χ3n) is 5.40. The lowest BCUT2D eigenvalue weighted by Crippen LogP contribution is -2.32. The molecule has 0 atom stereocenters. The number of hydrogen-bond acceptors (Lipinski definition) is 4. The molecule has 2 aromatic rings. The number of likely N-dealkylation sites (N-methyl/N-ethyl adjacent to an activating group) is 1. The van der Waals surface area contributed by atoms with E-state index in [2.05, 4.69) is 24.1 Å². The molecule has 2 amide bonds. The summed E-state index contributed by atoms with van der Waals surface area (Å²) >= 11 is 0. The average molecular weight is 392 g/mol. The van der Waals surface area contributed by atoms with Crippen LogP contribution in [-0.2, 0) is 9.59 Å². The number of nitrogens with one attached hydrogen (secondary N) is 1. The van der Waals surface area contributed by atoms with Gasteiger partial charge >= 0.3 is 0 Å². The molecule has 0 radical (unpaired) electrons. The highest BCUT2D eigenvalue weighted by Gasteiger charge is 2.38. The van der Waals surface area contributed by atoms with Gasteiger partial charge in [-0.05, 0) is 70.0 Å². The molecule has 0 saturated carbocycles. The van der Waals surface area contributed by atoms with Crippen LogP contribution in [0.1, 0.15) is 37.5 Å². The van der Waals surface area contributed by atoms with E-state index in [9.17, 15) is 9.59 Å². The standard InChI is InChI=1S/C24H29N3O2/c1-6-26(7-2)19-12-10-18(11-13-19)25-22-21(23(28)27(8-3)24(22)29)20-14-9-16(4)15-17(20)5/h9-15,25H,6-8H2,1-5H3. The maximum absolute atomic E-state index is 13.0. The Kier molecular flexibility index (Phi) is 6.06. The van der Waals surface area contributed by atoms with Crippen molar-refractivity contribution in [1.82, 2.24) is 4.90 Å². The fraction of sp³-hybridized carbons (Fsp3) is 0.333. The molecular formula is C24H29N3O2. The molecular weight excluding hydrogens is 362 g/mol. The third-order valence-corrected chi connectivity index (χ3v) is 5.40. The lowest BCUT2D eigenvalue weighted by Gasteiger charge is -2.21. The maximum atomic E-state index is 13.0. The Morgan fingerprint density at radius 3 is 2.10 bits per heavy atom. The molecule has 5 heteroatoms. The molecule has 1 aliphatic heterocycles. The summed E-state index contributed by atoms with van der Waals surface area (Å²) in [6.07, 6.45) is 0. The summed E-state index contributed by atoms with van der Waals surface area (Å²) in [5.41, 5.74) is 5.62. The second kappa shape index (κ2) is 8.52. The molecule has 1 heterocycles. The van der Waals surface area contributed by atoms with E-state index in [4.69, 9.17) is 0 Å². The third kappa shape index (κ3) is 3.90. The SMILES string of the molecule is CCN1C(=O)C(Nc2ccc(N(CC)CC)cc2)=C(c2ccc(C)cc2C)C1=O. The van der Waals surface area contributed by atoms with Crippen LogP contribution >= 0.6 is 0 Å². The van der Waals surface area contributed by atoms with Crippen LogP contribution in [0.25, 0.3) is 5.57 Å². The number of aryl methyl sites for hydroxylation is 2. The first-order valence-corrected chi connectivity index (χ1v) is 10.2. The molecule has 0 spiro atoms. The first kappa shape index (κ1) is 20.6. The van der Waals surface area contributed by atoms with Gasteiger partial charge in [0.25, 0.3) is 11.8 Å². The minimum atomic E-state index is -0.278.